The zero-order chi connectivity index (χ0) is 44.4. The Labute approximate surface area is 373 Å². The lowest BCUT2D eigenvalue weighted by molar-refractivity contribution is 0.0487. The van der Waals surface area contributed by atoms with Crippen LogP contribution in [0.5, 0.6) is 23.0 Å². The first kappa shape index (κ1) is 40.5. The molecule has 7 aromatic carbocycles. The van der Waals surface area contributed by atoms with Gasteiger partial charge in [0, 0.05) is 50.1 Å². The van der Waals surface area contributed by atoms with E-state index in [2.05, 4.69) is 65.8 Å². The quantitative estimate of drug-likeness (QED) is 0.0940. The Balaban J connectivity index is 1.23. The van der Waals surface area contributed by atoms with Gasteiger partial charge in [0.25, 0.3) is 23.6 Å². The molecule has 4 amide bonds. The smallest absolute Gasteiger partial charge is 0.261 e. The second-order valence-corrected chi connectivity index (χ2v) is 20.7. The van der Waals surface area contributed by atoms with Crippen LogP contribution in [0.25, 0.3) is 43.1 Å². The van der Waals surface area contributed by atoms with E-state index < -0.39 is 0 Å². The largest absolute Gasteiger partial charge is 0.457 e. The Hall–Kier alpha value is -6.28. The van der Waals surface area contributed by atoms with Crippen molar-refractivity contribution in [3.05, 3.63) is 118 Å². The van der Waals surface area contributed by atoms with Crippen LogP contribution in [-0.2, 0) is 10.8 Å². The predicted octanol–water partition coefficient (Wildman–Crippen LogP) is 13.8. The molecule has 2 saturated carbocycles. The number of fused-ring (bicyclic) bond motifs is 2. The van der Waals surface area contributed by atoms with Crippen molar-refractivity contribution in [3.63, 3.8) is 0 Å². The average molecular weight is 851 g/mol. The number of rotatable bonds is 6. The molecule has 0 bridgehead atoms. The number of nitrogens with zero attached hydrogens (tertiary/aromatic N) is 2. The summed E-state index contributed by atoms with van der Waals surface area (Å²) in [4.78, 5) is 62.4. The maximum absolute atomic E-state index is 15.0. The molecular formula is C56H54N2O6. The normalized spacial score (nSPS) is 17.8. The summed E-state index contributed by atoms with van der Waals surface area (Å²) in [5, 5.41) is 5.47. The fourth-order valence-electron chi connectivity index (χ4n) is 11.2. The lowest BCUT2D eigenvalue weighted by Crippen LogP contribution is -2.48. The maximum atomic E-state index is 15.0. The first-order valence-electron chi connectivity index (χ1n) is 23.3. The van der Waals surface area contributed by atoms with Gasteiger partial charge in [0.05, 0.1) is 11.1 Å². The number of carbonyl (C=O) groups is 4. The first-order chi connectivity index (χ1) is 30.7. The number of hydrogen-bond acceptors (Lipinski definition) is 6. The second-order valence-electron chi connectivity index (χ2n) is 20.7. The zero-order valence-electron chi connectivity index (χ0n) is 37.7. The topological polar surface area (TPSA) is 93.2 Å². The number of benzene rings is 7. The fourth-order valence-corrected chi connectivity index (χ4v) is 11.2. The van der Waals surface area contributed by atoms with Gasteiger partial charge in [-0.15, -0.1) is 0 Å². The van der Waals surface area contributed by atoms with Crippen LogP contribution >= 0.6 is 0 Å². The lowest BCUT2D eigenvalue weighted by Gasteiger charge is -2.37. The van der Waals surface area contributed by atoms with Crippen molar-refractivity contribution in [3.8, 4) is 23.0 Å². The van der Waals surface area contributed by atoms with E-state index in [9.17, 15) is 9.59 Å². The van der Waals surface area contributed by atoms with Crippen molar-refractivity contribution in [1.82, 2.24) is 9.80 Å². The third kappa shape index (κ3) is 6.22. The van der Waals surface area contributed by atoms with E-state index >= 15 is 9.59 Å². The van der Waals surface area contributed by atoms with E-state index in [0.29, 0.717) is 72.2 Å². The van der Waals surface area contributed by atoms with Gasteiger partial charge in [0.1, 0.15) is 23.0 Å². The Bertz CT molecular complexity index is 2920. The highest BCUT2D eigenvalue weighted by Crippen LogP contribution is 2.54. The molecule has 4 aliphatic rings. The third-order valence-electron chi connectivity index (χ3n) is 14.6. The van der Waals surface area contributed by atoms with Crippen LogP contribution in [0, 0.1) is 0 Å². The first-order valence-corrected chi connectivity index (χ1v) is 23.3. The number of ether oxygens (including phenoxy) is 2. The highest BCUT2D eigenvalue weighted by molar-refractivity contribution is 6.43. The van der Waals surface area contributed by atoms with Crippen LogP contribution in [0.15, 0.2) is 84.9 Å². The Morgan fingerprint density at radius 1 is 0.406 bits per heavy atom. The van der Waals surface area contributed by atoms with Crippen molar-refractivity contribution in [2.24, 2.45) is 0 Å². The van der Waals surface area contributed by atoms with E-state index in [-0.39, 0.29) is 46.5 Å². The highest BCUT2D eigenvalue weighted by atomic mass is 16.5. The minimum atomic E-state index is -0.323. The molecule has 0 N–H and O–H groups in total. The van der Waals surface area contributed by atoms with E-state index in [1.165, 1.54) is 9.80 Å². The van der Waals surface area contributed by atoms with Crippen molar-refractivity contribution in [2.45, 2.75) is 129 Å². The van der Waals surface area contributed by atoms with Crippen LogP contribution in [0.2, 0.25) is 0 Å². The molecule has 0 radical (unpaired) electrons. The number of carbonyl (C=O) groups excluding carboxylic acids is 4. The molecule has 0 spiro atoms. The highest BCUT2D eigenvalue weighted by Gasteiger charge is 2.43. The summed E-state index contributed by atoms with van der Waals surface area (Å²) < 4.78 is 14.0. The molecule has 0 atom stereocenters. The van der Waals surface area contributed by atoms with Gasteiger partial charge in [-0.3, -0.25) is 29.0 Å². The van der Waals surface area contributed by atoms with E-state index in [4.69, 9.17) is 9.47 Å². The molecular weight excluding hydrogens is 797 g/mol. The molecule has 8 nitrogen and oxygen atoms in total. The molecule has 2 fully saturated rings. The Morgan fingerprint density at radius 3 is 1.14 bits per heavy atom. The summed E-state index contributed by atoms with van der Waals surface area (Å²) in [6.45, 7) is 13.0. The summed E-state index contributed by atoms with van der Waals surface area (Å²) in [5.41, 5.74) is 3.95. The number of imide groups is 2. The molecule has 11 rings (SSSR count). The summed E-state index contributed by atoms with van der Waals surface area (Å²) in [5.74, 6) is 0.888. The fraction of sp³-hybridized carbons (Fsp3) is 0.357. The van der Waals surface area contributed by atoms with Gasteiger partial charge < -0.3 is 9.47 Å². The molecule has 0 saturated heterocycles. The minimum absolute atomic E-state index is 0.0743. The van der Waals surface area contributed by atoms with Gasteiger partial charge in [-0.1, -0.05) is 116 Å². The van der Waals surface area contributed by atoms with Crippen LogP contribution in [0.1, 0.15) is 158 Å². The third-order valence-corrected chi connectivity index (χ3v) is 14.6. The van der Waals surface area contributed by atoms with Crippen LogP contribution < -0.4 is 9.47 Å². The molecule has 7 aromatic rings. The average Bonchev–Trinajstić information content (AvgIpc) is 3.28. The number of amides is 4. The van der Waals surface area contributed by atoms with Gasteiger partial charge in [-0.25, -0.2) is 0 Å². The molecule has 0 unspecified atom stereocenters. The molecule has 324 valence electrons. The van der Waals surface area contributed by atoms with Gasteiger partial charge in [-0.05, 0) is 112 Å². The number of hydrogen-bond donors (Lipinski definition) is 0. The van der Waals surface area contributed by atoms with E-state index in [1.807, 2.05) is 60.7 Å². The summed E-state index contributed by atoms with van der Waals surface area (Å²) in [7, 11) is 0. The second kappa shape index (κ2) is 14.6. The molecule has 8 heteroatoms. The van der Waals surface area contributed by atoms with E-state index in [0.717, 1.165) is 91.5 Å². The standard InChI is InChI=1S/C56H54N2O6/c1-55(2,3)31-17-21-35(22-18-31)63-43-29-41-47-42(54(62)58(53(41)61)34-15-11-8-12-16-34)30-44(64-36-23-19-32(20-24-36)56(4,5)6)49-38-26-28-40-46-39(27-25-37(45(38)46)48(43)50(47)49)51(59)57(52(40)60)33-13-9-7-10-14-33/h17-30,33-34H,7-16H2,1-6H3. The van der Waals surface area contributed by atoms with Gasteiger partial charge in [-0.2, -0.15) is 0 Å². The zero-order valence-corrected chi connectivity index (χ0v) is 37.7. The van der Waals surface area contributed by atoms with Gasteiger partial charge in [0.15, 0.2) is 0 Å². The van der Waals surface area contributed by atoms with Gasteiger partial charge in [0.2, 0.25) is 0 Å². The Morgan fingerprint density at radius 2 is 0.766 bits per heavy atom. The van der Waals surface area contributed by atoms with Crippen LogP contribution in [0.4, 0.5) is 0 Å². The van der Waals surface area contributed by atoms with E-state index in [1.54, 1.807) is 0 Å². The van der Waals surface area contributed by atoms with Crippen molar-refractivity contribution < 1.29 is 28.7 Å². The summed E-state index contributed by atoms with van der Waals surface area (Å²) >= 11 is 0. The Kier molecular flexibility index (Phi) is 9.25. The van der Waals surface area contributed by atoms with Crippen LogP contribution in [-0.4, -0.2) is 45.5 Å². The van der Waals surface area contributed by atoms with Crippen LogP contribution in [0.3, 0.4) is 0 Å². The van der Waals surface area contributed by atoms with Crippen molar-refractivity contribution in [1.29, 1.82) is 0 Å². The molecule has 0 aromatic heterocycles. The molecule has 64 heavy (non-hydrogen) atoms. The molecule has 2 aliphatic heterocycles. The monoisotopic (exact) mass is 850 g/mol. The molecule has 2 aliphatic carbocycles. The summed E-state index contributed by atoms with van der Waals surface area (Å²) in [6.07, 6.45) is 9.18. The lowest BCUT2D eigenvalue weighted by atomic mass is 9.80. The summed E-state index contributed by atoms with van der Waals surface area (Å²) in [6, 6.07) is 27.0. The predicted molar refractivity (Wildman–Crippen MR) is 253 cm³/mol. The van der Waals surface area contributed by atoms with Crippen molar-refractivity contribution >= 4 is 66.7 Å². The molecule has 2 heterocycles. The van der Waals surface area contributed by atoms with Crippen molar-refractivity contribution in [2.75, 3.05) is 0 Å². The minimum Gasteiger partial charge on any atom is -0.457 e. The van der Waals surface area contributed by atoms with Gasteiger partial charge >= 0.3 is 0 Å². The maximum Gasteiger partial charge on any atom is 0.261 e. The SMILES string of the molecule is CC(C)(C)c1ccc(Oc2cc3c4c(cc(Oc5ccc(C(C)(C)C)cc5)c5c6ccc7c8c(ccc(c2c45)c86)C(=O)N(C2CCCCC2)C7=O)C(=O)N(C2CCCCC2)C3=O)cc1.